The molecule has 1 unspecified atom stereocenters. The van der Waals surface area contributed by atoms with Crippen molar-refractivity contribution in [2.75, 3.05) is 44.3 Å². The maximum Gasteiger partial charge on any atom is 0.226 e. The number of aryl methyl sites for hydroxylation is 1. The number of fused-ring (bicyclic) bond motifs is 1. The van der Waals surface area contributed by atoms with Crippen LogP contribution in [0.5, 0.6) is 0 Å². The Morgan fingerprint density at radius 2 is 2.04 bits per heavy atom. The molecule has 0 radical (unpaired) electrons. The average Bonchev–Trinajstić information content (AvgIpc) is 2.93. The predicted molar refractivity (Wildman–Crippen MR) is 89.2 cm³/mol. The highest BCUT2D eigenvalue weighted by atomic mass is 35.5. The molecule has 2 saturated heterocycles. The van der Waals surface area contributed by atoms with Gasteiger partial charge in [-0.3, -0.25) is 0 Å². The molecule has 0 spiro atoms. The van der Waals surface area contributed by atoms with E-state index in [1.54, 1.807) is 0 Å². The lowest BCUT2D eigenvalue weighted by molar-refractivity contribution is 0.122. The van der Waals surface area contributed by atoms with Crippen LogP contribution in [-0.2, 0) is 11.8 Å². The van der Waals surface area contributed by atoms with Crippen molar-refractivity contribution in [3.05, 3.63) is 11.1 Å². The maximum atomic E-state index is 6.18. The maximum absolute atomic E-state index is 6.18. The van der Waals surface area contributed by atoms with Crippen LogP contribution >= 0.6 is 11.6 Å². The van der Waals surface area contributed by atoms with Crippen LogP contribution in [0.15, 0.2) is 0 Å². The molecule has 2 aliphatic rings. The Balaban J connectivity index is 1.80. The minimum atomic E-state index is 0.273. The third-order valence-electron chi connectivity index (χ3n) is 4.68. The number of hydrogen-bond donors (Lipinski definition) is 1. The third kappa shape index (κ3) is 2.77. The Morgan fingerprint density at radius 1 is 1.22 bits per heavy atom. The van der Waals surface area contributed by atoms with Crippen LogP contribution in [-0.4, -0.2) is 58.9 Å². The van der Waals surface area contributed by atoms with Gasteiger partial charge in [0.25, 0.3) is 0 Å². The Kier molecular flexibility index (Phi) is 4.09. The Labute approximate surface area is 140 Å². The zero-order valence-electron chi connectivity index (χ0n) is 13.3. The van der Waals surface area contributed by atoms with Gasteiger partial charge in [0, 0.05) is 32.6 Å². The molecule has 2 aromatic heterocycles. The Bertz CT molecular complexity index is 706. The van der Waals surface area contributed by atoms with Crippen LogP contribution < -0.4 is 10.2 Å². The Hall–Kier alpha value is -1.44. The molecule has 124 valence electrons. The summed E-state index contributed by atoms with van der Waals surface area (Å²) in [5.74, 6) is 2.31. The molecular weight excluding hydrogens is 316 g/mol. The summed E-state index contributed by atoms with van der Waals surface area (Å²) in [6.07, 6.45) is 2.33. The zero-order chi connectivity index (χ0) is 15.8. The molecule has 0 amide bonds. The van der Waals surface area contributed by atoms with Crippen LogP contribution in [0.2, 0.25) is 5.28 Å². The SMILES string of the molecule is Cn1c(C2CCCNC2)nc2c(N3CCOCC3)nc(Cl)nc21. The van der Waals surface area contributed by atoms with E-state index in [4.69, 9.17) is 21.3 Å². The molecule has 0 bridgehead atoms. The molecule has 8 heteroatoms. The first-order chi connectivity index (χ1) is 11.2. The number of imidazole rings is 1. The first-order valence-corrected chi connectivity index (χ1v) is 8.55. The van der Waals surface area contributed by atoms with Gasteiger partial charge >= 0.3 is 0 Å². The number of nitrogens with one attached hydrogen (secondary N) is 1. The van der Waals surface area contributed by atoms with Crippen molar-refractivity contribution < 1.29 is 4.74 Å². The minimum absolute atomic E-state index is 0.273. The fraction of sp³-hybridized carbons (Fsp3) is 0.667. The third-order valence-corrected chi connectivity index (χ3v) is 4.85. The zero-order valence-corrected chi connectivity index (χ0v) is 14.0. The molecule has 0 aromatic carbocycles. The Morgan fingerprint density at radius 3 is 2.78 bits per heavy atom. The van der Waals surface area contributed by atoms with Gasteiger partial charge < -0.3 is 19.5 Å². The van der Waals surface area contributed by atoms with Gasteiger partial charge in [0.2, 0.25) is 5.28 Å². The molecule has 2 aliphatic heterocycles. The summed E-state index contributed by atoms with van der Waals surface area (Å²) in [4.78, 5) is 16.0. The van der Waals surface area contributed by atoms with E-state index in [0.717, 1.165) is 55.4 Å². The van der Waals surface area contributed by atoms with Crippen molar-refractivity contribution >= 4 is 28.6 Å². The molecule has 4 heterocycles. The van der Waals surface area contributed by atoms with Gasteiger partial charge in [-0.15, -0.1) is 0 Å². The van der Waals surface area contributed by atoms with Gasteiger partial charge in [-0.25, -0.2) is 4.98 Å². The second-order valence-electron chi connectivity index (χ2n) is 6.16. The van der Waals surface area contributed by atoms with Crippen LogP contribution in [0.25, 0.3) is 11.2 Å². The normalized spacial score (nSPS) is 22.7. The summed E-state index contributed by atoms with van der Waals surface area (Å²) in [5, 5.41) is 3.73. The molecule has 4 rings (SSSR count). The van der Waals surface area contributed by atoms with E-state index in [9.17, 15) is 0 Å². The van der Waals surface area contributed by atoms with Crippen molar-refractivity contribution in [3.63, 3.8) is 0 Å². The predicted octanol–water partition coefficient (Wildman–Crippen LogP) is 1.32. The molecule has 0 saturated carbocycles. The van der Waals surface area contributed by atoms with Gasteiger partial charge in [0.15, 0.2) is 17.0 Å². The highest BCUT2D eigenvalue weighted by Gasteiger charge is 2.25. The van der Waals surface area contributed by atoms with Crippen LogP contribution in [0.3, 0.4) is 0 Å². The average molecular weight is 337 g/mol. The number of ether oxygens (including phenoxy) is 1. The number of morpholine rings is 1. The van der Waals surface area contributed by atoms with Crippen molar-refractivity contribution in [3.8, 4) is 0 Å². The fourth-order valence-electron chi connectivity index (χ4n) is 3.47. The monoisotopic (exact) mass is 336 g/mol. The molecule has 1 atom stereocenters. The lowest BCUT2D eigenvalue weighted by Crippen LogP contribution is -2.37. The molecule has 1 N–H and O–H groups in total. The van der Waals surface area contributed by atoms with Crippen LogP contribution in [0.1, 0.15) is 24.6 Å². The number of hydrogen-bond acceptors (Lipinski definition) is 6. The number of halogens is 1. The molecule has 2 aromatic rings. The topological polar surface area (TPSA) is 68.1 Å². The second-order valence-corrected chi connectivity index (χ2v) is 6.50. The number of anilines is 1. The summed E-state index contributed by atoms with van der Waals surface area (Å²) >= 11 is 6.18. The van der Waals surface area contributed by atoms with Crippen LogP contribution in [0.4, 0.5) is 5.82 Å². The summed E-state index contributed by atoms with van der Waals surface area (Å²) in [5.41, 5.74) is 1.66. The summed E-state index contributed by atoms with van der Waals surface area (Å²) in [6, 6.07) is 0. The summed E-state index contributed by atoms with van der Waals surface area (Å²) in [6.45, 7) is 5.07. The van der Waals surface area contributed by atoms with E-state index in [0.29, 0.717) is 19.1 Å². The van der Waals surface area contributed by atoms with Crippen molar-refractivity contribution in [2.45, 2.75) is 18.8 Å². The molecule has 0 aliphatic carbocycles. The van der Waals surface area contributed by atoms with Gasteiger partial charge in [-0.1, -0.05) is 0 Å². The minimum Gasteiger partial charge on any atom is -0.378 e. The van der Waals surface area contributed by atoms with E-state index in [2.05, 4.69) is 24.8 Å². The quantitative estimate of drug-likeness (QED) is 0.834. The lowest BCUT2D eigenvalue weighted by atomic mass is 9.99. The highest BCUT2D eigenvalue weighted by molar-refractivity contribution is 6.28. The van der Waals surface area contributed by atoms with E-state index >= 15 is 0 Å². The standard InChI is InChI=1S/C15H21ClN6O/c1-21-12(10-3-2-4-17-9-10)18-11-13(21)19-15(16)20-14(11)22-5-7-23-8-6-22/h10,17H,2-9H2,1H3. The van der Waals surface area contributed by atoms with Crippen molar-refractivity contribution in [2.24, 2.45) is 7.05 Å². The van der Waals surface area contributed by atoms with Crippen molar-refractivity contribution in [1.29, 1.82) is 0 Å². The van der Waals surface area contributed by atoms with Crippen molar-refractivity contribution in [1.82, 2.24) is 24.8 Å². The van der Waals surface area contributed by atoms with Gasteiger partial charge in [-0.2, -0.15) is 9.97 Å². The summed E-state index contributed by atoms with van der Waals surface area (Å²) in [7, 11) is 2.02. The number of aromatic nitrogens is 4. The van der Waals surface area contributed by atoms with E-state index in [1.807, 2.05) is 7.05 Å². The number of piperidine rings is 1. The smallest absolute Gasteiger partial charge is 0.226 e. The molecule has 2 fully saturated rings. The van der Waals surface area contributed by atoms with E-state index in [1.165, 1.54) is 6.42 Å². The first-order valence-electron chi connectivity index (χ1n) is 8.17. The first kappa shape index (κ1) is 15.1. The molecule has 7 nitrogen and oxygen atoms in total. The van der Waals surface area contributed by atoms with E-state index < -0.39 is 0 Å². The van der Waals surface area contributed by atoms with E-state index in [-0.39, 0.29) is 5.28 Å². The highest BCUT2D eigenvalue weighted by Crippen LogP contribution is 2.30. The van der Waals surface area contributed by atoms with Gasteiger partial charge in [0.1, 0.15) is 5.82 Å². The molecule has 23 heavy (non-hydrogen) atoms. The number of rotatable bonds is 2. The second kappa shape index (κ2) is 6.22. The fourth-order valence-corrected chi connectivity index (χ4v) is 3.63. The lowest BCUT2D eigenvalue weighted by Gasteiger charge is -2.27. The molecular formula is C15H21ClN6O. The van der Waals surface area contributed by atoms with Gasteiger partial charge in [-0.05, 0) is 31.0 Å². The number of nitrogens with zero attached hydrogens (tertiary/aromatic N) is 5. The largest absolute Gasteiger partial charge is 0.378 e. The van der Waals surface area contributed by atoms with Crippen LogP contribution in [0, 0.1) is 0 Å². The summed E-state index contributed by atoms with van der Waals surface area (Å²) < 4.78 is 7.51. The van der Waals surface area contributed by atoms with Gasteiger partial charge in [0.05, 0.1) is 13.2 Å².